The van der Waals surface area contributed by atoms with Gasteiger partial charge in [0.2, 0.25) is 0 Å². The molecule has 1 aromatic heterocycles. The third-order valence-corrected chi connectivity index (χ3v) is 4.04. The predicted molar refractivity (Wildman–Crippen MR) is 58.4 cm³/mol. The van der Waals surface area contributed by atoms with E-state index in [1.807, 2.05) is 11.3 Å². The maximum absolute atomic E-state index is 3.31. The lowest BCUT2D eigenvalue weighted by atomic mass is 10.00. The zero-order valence-electron chi connectivity index (χ0n) is 8.39. The van der Waals surface area contributed by atoms with Gasteiger partial charge >= 0.3 is 0 Å². The van der Waals surface area contributed by atoms with Crippen LogP contribution in [-0.2, 0) is 6.42 Å². The summed E-state index contributed by atoms with van der Waals surface area (Å²) in [7, 11) is 2.06. The fourth-order valence-electron chi connectivity index (χ4n) is 1.89. The van der Waals surface area contributed by atoms with E-state index in [4.69, 9.17) is 0 Å². The second-order valence-corrected chi connectivity index (χ2v) is 5.23. The first-order valence-electron chi connectivity index (χ1n) is 4.93. The van der Waals surface area contributed by atoms with Gasteiger partial charge in [0.25, 0.3) is 0 Å². The molecule has 2 heteroatoms. The van der Waals surface area contributed by atoms with Gasteiger partial charge in [0.05, 0.1) is 0 Å². The van der Waals surface area contributed by atoms with Gasteiger partial charge < -0.3 is 5.32 Å². The summed E-state index contributed by atoms with van der Waals surface area (Å²) >= 11 is 1.91. The van der Waals surface area contributed by atoms with Gasteiger partial charge in [0.1, 0.15) is 0 Å². The van der Waals surface area contributed by atoms with Gasteiger partial charge in [-0.25, -0.2) is 0 Å². The molecule has 72 valence electrons. The molecule has 0 amide bonds. The number of aryl methyl sites for hydroxylation is 1. The van der Waals surface area contributed by atoms with Crippen molar-refractivity contribution in [2.75, 3.05) is 13.6 Å². The van der Waals surface area contributed by atoms with E-state index in [-0.39, 0.29) is 0 Å². The van der Waals surface area contributed by atoms with E-state index in [1.165, 1.54) is 31.4 Å². The molecule has 1 aliphatic carbocycles. The Hall–Kier alpha value is -0.340. The molecule has 2 rings (SSSR count). The molecule has 1 fully saturated rings. The molecule has 13 heavy (non-hydrogen) atoms. The number of nitrogens with one attached hydrogen (secondary N) is 1. The van der Waals surface area contributed by atoms with Crippen molar-refractivity contribution in [2.24, 2.45) is 5.41 Å². The van der Waals surface area contributed by atoms with Crippen molar-refractivity contribution in [2.45, 2.75) is 26.2 Å². The number of hydrogen-bond donors (Lipinski definition) is 1. The molecule has 0 radical (unpaired) electrons. The third-order valence-electron chi connectivity index (χ3n) is 3.01. The highest BCUT2D eigenvalue weighted by Gasteiger charge is 2.42. The third kappa shape index (κ3) is 1.94. The summed E-state index contributed by atoms with van der Waals surface area (Å²) in [5.41, 5.74) is 2.09. The molecule has 1 heterocycles. The Labute approximate surface area is 84.2 Å². The van der Waals surface area contributed by atoms with Crippen LogP contribution < -0.4 is 5.32 Å². The van der Waals surface area contributed by atoms with Crippen LogP contribution in [0, 0.1) is 12.3 Å². The van der Waals surface area contributed by atoms with Crippen molar-refractivity contribution in [3.63, 3.8) is 0 Å². The standard InChI is InChI=1S/C11H17NS/c1-9-3-6-13-10(9)7-11(4-5-11)8-12-2/h3,6,12H,4-5,7-8H2,1-2H3. The Morgan fingerprint density at radius 2 is 2.31 bits per heavy atom. The zero-order valence-corrected chi connectivity index (χ0v) is 9.21. The fourth-order valence-corrected chi connectivity index (χ4v) is 2.97. The average Bonchev–Trinajstić information content (AvgIpc) is 2.73. The number of thiophene rings is 1. The van der Waals surface area contributed by atoms with Gasteiger partial charge in [0, 0.05) is 11.4 Å². The molecule has 1 aromatic rings. The number of rotatable bonds is 4. The lowest BCUT2D eigenvalue weighted by Crippen LogP contribution is -2.21. The van der Waals surface area contributed by atoms with Crippen LogP contribution in [0.25, 0.3) is 0 Å². The van der Waals surface area contributed by atoms with Crippen LogP contribution in [0.15, 0.2) is 11.4 Å². The Bertz CT molecular complexity index is 286. The molecule has 1 saturated carbocycles. The summed E-state index contributed by atoms with van der Waals surface area (Å²) < 4.78 is 0. The van der Waals surface area contributed by atoms with E-state index in [1.54, 1.807) is 4.88 Å². The van der Waals surface area contributed by atoms with Crippen molar-refractivity contribution in [1.29, 1.82) is 0 Å². The number of hydrogen-bond acceptors (Lipinski definition) is 2. The second kappa shape index (κ2) is 3.43. The van der Waals surface area contributed by atoms with E-state index in [0.29, 0.717) is 5.41 Å². The topological polar surface area (TPSA) is 12.0 Å². The summed E-state index contributed by atoms with van der Waals surface area (Å²) in [6.07, 6.45) is 4.10. The highest BCUT2D eigenvalue weighted by atomic mass is 32.1. The molecular formula is C11H17NS. The Balaban J connectivity index is 2.02. The lowest BCUT2D eigenvalue weighted by Gasteiger charge is -2.13. The van der Waals surface area contributed by atoms with Gasteiger partial charge in [-0.15, -0.1) is 11.3 Å². The van der Waals surface area contributed by atoms with Crippen LogP contribution in [-0.4, -0.2) is 13.6 Å². The normalized spacial score (nSPS) is 18.9. The first kappa shape index (κ1) is 9.22. The maximum atomic E-state index is 3.31. The molecule has 0 aliphatic heterocycles. The molecule has 0 unspecified atom stereocenters. The highest BCUT2D eigenvalue weighted by Crippen LogP contribution is 2.48. The Morgan fingerprint density at radius 1 is 1.54 bits per heavy atom. The fraction of sp³-hybridized carbons (Fsp3) is 0.636. The second-order valence-electron chi connectivity index (χ2n) is 4.23. The quantitative estimate of drug-likeness (QED) is 0.778. The van der Waals surface area contributed by atoms with Gasteiger partial charge in [-0.05, 0) is 55.7 Å². The predicted octanol–water partition coefficient (Wildman–Crippen LogP) is 2.60. The van der Waals surface area contributed by atoms with E-state index in [9.17, 15) is 0 Å². The molecule has 0 spiro atoms. The largest absolute Gasteiger partial charge is 0.319 e. The maximum Gasteiger partial charge on any atom is 0.00804 e. The Morgan fingerprint density at radius 3 is 2.77 bits per heavy atom. The summed E-state index contributed by atoms with van der Waals surface area (Å²) in [6.45, 7) is 3.41. The van der Waals surface area contributed by atoms with Crippen LogP contribution in [0.4, 0.5) is 0 Å². The van der Waals surface area contributed by atoms with Gasteiger partial charge in [-0.1, -0.05) is 0 Å². The summed E-state index contributed by atoms with van der Waals surface area (Å²) in [6, 6.07) is 2.23. The average molecular weight is 195 g/mol. The minimum atomic E-state index is 0.615. The molecule has 1 aliphatic rings. The Kier molecular flexibility index (Phi) is 2.43. The van der Waals surface area contributed by atoms with Crippen LogP contribution in [0.1, 0.15) is 23.3 Å². The van der Waals surface area contributed by atoms with Crippen molar-refractivity contribution < 1.29 is 0 Å². The van der Waals surface area contributed by atoms with E-state index in [0.717, 1.165) is 0 Å². The van der Waals surface area contributed by atoms with Crippen LogP contribution >= 0.6 is 11.3 Å². The minimum absolute atomic E-state index is 0.615. The highest BCUT2D eigenvalue weighted by molar-refractivity contribution is 7.10. The van der Waals surface area contributed by atoms with E-state index < -0.39 is 0 Å². The first-order valence-corrected chi connectivity index (χ1v) is 5.81. The smallest absolute Gasteiger partial charge is 0.00804 e. The summed E-state index contributed by atoms with van der Waals surface area (Å²) in [5.74, 6) is 0. The molecule has 0 bridgehead atoms. The molecule has 0 aromatic carbocycles. The van der Waals surface area contributed by atoms with Gasteiger partial charge in [-0.2, -0.15) is 0 Å². The van der Waals surface area contributed by atoms with Crippen molar-refractivity contribution in [3.8, 4) is 0 Å². The first-order chi connectivity index (χ1) is 6.26. The van der Waals surface area contributed by atoms with Crippen LogP contribution in [0.2, 0.25) is 0 Å². The van der Waals surface area contributed by atoms with Gasteiger partial charge in [0.15, 0.2) is 0 Å². The molecule has 0 atom stereocenters. The van der Waals surface area contributed by atoms with Crippen LogP contribution in [0.5, 0.6) is 0 Å². The van der Waals surface area contributed by atoms with Crippen molar-refractivity contribution in [1.82, 2.24) is 5.32 Å². The van der Waals surface area contributed by atoms with E-state index in [2.05, 4.69) is 30.7 Å². The zero-order chi connectivity index (χ0) is 9.31. The molecule has 1 N–H and O–H groups in total. The van der Waals surface area contributed by atoms with Crippen molar-refractivity contribution >= 4 is 11.3 Å². The SMILES string of the molecule is CNCC1(Cc2sccc2C)CC1. The van der Waals surface area contributed by atoms with Gasteiger partial charge in [-0.3, -0.25) is 0 Å². The minimum Gasteiger partial charge on any atom is -0.319 e. The van der Waals surface area contributed by atoms with Crippen LogP contribution in [0.3, 0.4) is 0 Å². The molecule has 0 saturated heterocycles. The van der Waals surface area contributed by atoms with Crippen molar-refractivity contribution in [3.05, 3.63) is 21.9 Å². The molecular weight excluding hydrogens is 178 g/mol. The van der Waals surface area contributed by atoms with E-state index >= 15 is 0 Å². The molecule has 1 nitrogen and oxygen atoms in total. The lowest BCUT2D eigenvalue weighted by molar-refractivity contribution is 0.481. The summed E-state index contributed by atoms with van der Waals surface area (Å²) in [4.78, 5) is 1.59. The monoisotopic (exact) mass is 195 g/mol. The summed E-state index contributed by atoms with van der Waals surface area (Å²) in [5, 5.41) is 5.52.